The van der Waals surface area contributed by atoms with Gasteiger partial charge in [0.05, 0.1) is 44.2 Å². The van der Waals surface area contributed by atoms with Crippen molar-refractivity contribution in [3.05, 3.63) is 22.8 Å². The smallest absolute Gasteiger partial charge is 0.336 e. The van der Waals surface area contributed by atoms with Crippen LogP contribution in [0, 0.1) is 40.4 Å². The summed E-state index contributed by atoms with van der Waals surface area (Å²) in [6.45, 7) is 6.21. The number of fused-ring (bicyclic) bond motifs is 5. The summed E-state index contributed by atoms with van der Waals surface area (Å²) in [5.74, 6) is 1.06. The number of aliphatic hydroxyl groups is 12. The lowest BCUT2D eigenvalue weighted by atomic mass is 9.46. The Kier molecular flexibility index (Phi) is 15.2. The summed E-state index contributed by atoms with van der Waals surface area (Å²) in [6, 6.07) is 0. The van der Waals surface area contributed by atoms with E-state index in [1.807, 2.05) is 6.92 Å². The number of allylic oxidation sites excluding steroid dienone is 1. The number of cyclic esters (lactones) is 1. The molecule has 8 aliphatic rings. The third-order valence-corrected chi connectivity index (χ3v) is 17.5. The summed E-state index contributed by atoms with van der Waals surface area (Å²) in [4.78, 5) is 12.7. The molecule has 4 heterocycles. The molecule has 0 aromatic rings. The second-order valence-electron chi connectivity index (χ2n) is 20.8. The summed E-state index contributed by atoms with van der Waals surface area (Å²) in [5, 5.41) is 127. The van der Waals surface area contributed by atoms with Gasteiger partial charge in [0, 0.05) is 18.3 Å². The van der Waals surface area contributed by atoms with Crippen LogP contribution in [0.2, 0.25) is 0 Å². The van der Waals surface area contributed by atoms with Crippen LogP contribution < -0.4 is 0 Å². The molecule has 0 aromatic heterocycles. The van der Waals surface area contributed by atoms with Gasteiger partial charge in [-0.05, 0) is 80.5 Å². The van der Waals surface area contributed by atoms with Gasteiger partial charge in [0.15, 0.2) is 18.9 Å². The molecule has 0 amide bonds. The van der Waals surface area contributed by atoms with E-state index in [0.29, 0.717) is 36.2 Å². The van der Waals surface area contributed by atoms with Gasteiger partial charge in [0.2, 0.25) is 0 Å². The molecule has 4 aliphatic heterocycles. The Morgan fingerprint density at radius 1 is 0.727 bits per heavy atom. The number of carbonyl (C=O) groups is 1. The summed E-state index contributed by atoms with van der Waals surface area (Å²) < 4.78 is 40.5. The number of esters is 1. The molecule has 6 fully saturated rings. The highest BCUT2D eigenvalue weighted by atomic mass is 16.8. The molecule has 66 heavy (non-hydrogen) atoms. The largest absolute Gasteiger partial charge is 0.458 e. The maximum absolute atomic E-state index is 12.7. The first kappa shape index (κ1) is 50.6. The molecule has 0 radical (unpaired) electrons. The molecular weight excluding hydrogens is 872 g/mol. The third kappa shape index (κ3) is 8.76. The number of hydrogen-bond acceptors (Lipinski definition) is 20. The molecule has 20 nitrogen and oxygen atoms in total. The molecule has 8 rings (SSSR count). The van der Waals surface area contributed by atoms with Crippen LogP contribution in [0.15, 0.2) is 22.8 Å². The van der Waals surface area contributed by atoms with E-state index in [1.54, 1.807) is 0 Å². The first-order chi connectivity index (χ1) is 31.3. The third-order valence-electron chi connectivity index (χ3n) is 17.5. The van der Waals surface area contributed by atoms with Crippen LogP contribution >= 0.6 is 0 Å². The summed E-state index contributed by atoms with van der Waals surface area (Å²) in [6.07, 6.45) is -18.0. The van der Waals surface area contributed by atoms with Crippen LogP contribution in [-0.2, 0) is 38.0 Å². The number of ether oxygens (including phenoxy) is 7. The first-order valence-corrected chi connectivity index (χ1v) is 23.7. The van der Waals surface area contributed by atoms with Crippen LogP contribution in [0.5, 0.6) is 0 Å². The highest BCUT2D eigenvalue weighted by Gasteiger charge is 2.62. The number of hydrogen-bond donors (Lipinski definition) is 12. The van der Waals surface area contributed by atoms with Gasteiger partial charge in [-0.2, -0.15) is 0 Å². The normalized spacial score (nSPS) is 51.3. The van der Waals surface area contributed by atoms with Crippen molar-refractivity contribution in [1.82, 2.24) is 0 Å². The van der Waals surface area contributed by atoms with Crippen molar-refractivity contribution in [3.8, 4) is 0 Å². The monoisotopic (exact) mass is 944 g/mol. The molecule has 0 spiro atoms. The minimum absolute atomic E-state index is 0.0324. The minimum Gasteiger partial charge on any atom is -0.458 e. The molecule has 3 saturated carbocycles. The van der Waals surface area contributed by atoms with Crippen LogP contribution in [0.1, 0.15) is 79.1 Å². The van der Waals surface area contributed by atoms with Crippen molar-refractivity contribution in [2.45, 2.75) is 189 Å². The quantitative estimate of drug-likeness (QED) is 0.0719. The highest BCUT2D eigenvalue weighted by molar-refractivity contribution is 5.90. The topological polar surface area (TPSA) is 324 Å². The lowest BCUT2D eigenvalue weighted by molar-refractivity contribution is -0.365. The van der Waals surface area contributed by atoms with E-state index in [2.05, 4.69) is 26.8 Å². The van der Waals surface area contributed by atoms with Gasteiger partial charge in [-0.3, -0.25) is 0 Å². The Morgan fingerprint density at radius 2 is 1.35 bits per heavy atom. The molecule has 4 aliphatic carbocycles. The van der Waals surface area contributed by atoms with E-state index in [9.17, 15) is 66.1 Å². The summed E-state index contributed by atoms with van der Waals surface area (Å²) in [5.41, 5.74) is 1.82. The summed E-state index contributed by atoms with van der Waals surface area (Å²) >= 11 is 0. The van der Waals surface area contributed by atoms with Crippen LogP contribution in [0.25, 0.3) is 0 Å². The lowest BCUT2D eigenvalue weighted by Crippen LogP contribution is -2.65. The van der Waals surface area contributed by atoms with Crippen molar-refractivity contribution in [2.75, 3.05) is 26.4 Å². The van der Waals surface area contributed by atoms with Crippen LogP contribution in [0.4, 0.5) is 0 Å². The van der Waals surface area contributed by atoms with E-state index >= 15 is 0 Å². The number of carbonyl (C=O) groups excluding carboxylic acids is 1. The van der Waals surface area contributed by atoms with Crippen LogP contribution in [-0.4, -0.2) is 204 Å². The first-order valence-electron chi connectivity index (χ1n) is 23.7. The molecule has 12 N–H and O–H groups in total. The average molecular weight is 945 g/mol. The van der Waals surface area contributed by atoms with Gasteiger partial charge >= 0.3 is 5.97 Å². The van der Waals surface area contributed by atoms with Gasteiger partial charge in [-0.1, -0.05) is 38.0 Å². The van der Waals surface area contributed by atoms with Crippen molar-refractivity contribution >= 4 is 5.97 Å². The predicted octanol–water partition coefficient (Wildman–Crippen LogP) is -2.37. The Hall–Kier alpha value is -1.77. The van der Waals surface area contributed by atoms with E-state index < -0.39 is 136 Å². The van der Waals surface area contributed by atoms with E-state index in [0.717, 1.165) is 43.3 Å². The molecule has 20 heteroatoms. The van der Waals surface area contributed by atoms with Crippen molar-refractivity contribution in [1.29, 1.82) is 0 Å². The Bertz CT molecular complexity index is 1780. The SMILES string of the molecule is CC1=C(CO)C(=O)OC([C@@H](C)C2CCC3C4CC=C5C[C@@H](O[C@@H]6O[C@H](CO[C@H]7O[C@H](CO)[C@@H](O[C@@H]8O[C@H](CO)[C@@H](O)[C@H](O)[C@H]8O)[C@H](O)[C@H]7O)[C@@H](O)[C@H](O)[C@H]6O)C[C@H](O)[C@]5(C)C4CC[C@@]32C)C1. The zero-order valence-electron chi connectivity index (χ0n) is 38.0. The predicted molar refractivity (Wildman–Crippen MR) is 224 cm³/mol. The maximum atomic E-state index is 12.7. The molecule has 0 bridgehead atoms. The molecule has 376 valence electrons. The zero-order chi connectivity index (χ0) is 47.7. The van der Waals surface area contributed by atoms with Crippen molar-refractivity contribution in [3.63, 3.8) is 0 Å². The molecular formula is C46H72O20. The highest BCUT2D eigenvalue weighted by Crippen LogP contribution is 2.67. The van der Waals surface area contributed by atoms with Gasteiger partial charge in [0.1, 0.15) is 79.4 Å². The second-order valence-corrected chi connectivity index (χ2v) is 20.8. The van der Waals surface area contributed by atoms with Crippen molar-refractivity contribution in [2.24, 2.45) is 40.4 Å². The van der Waals surface area contributed by atoms with E-state index in [1.165, 1.54) is 0 Å². The zero-order valence-corrected chi connectivity index (χ0v) is 38.0. The Morgan fingerprint density at radius 3 is 2.00 bits per heavy atom. The molecule has 0 aromatic carbocycles. The van der Waals surface area contributed by atoms with E-state index in [-0.39, 0.29) is 36.4 Å². The summed E-state index contributed by atoms with van der Waals surface area (Å²) in [7, 11) is 0. The fraction of sp³-hybridized carbons (Fsp3) is 0.891. The van der Waals surface area contributed by atoms with Gasteiger partial charge in [0.25, 0.3) is 0 Å². The molecule has 5 unspecified atom stereocenters. The second kappa shape index (κ2) is 19.8. The Balaban J connectivity index is 0.883. The fourth-order valence-electron chi connectivity index (χ4n) is 13.5. The number of aliphatic hydroxyl groups excluding tert-OH is 12. The standard InChI is InChI=1S/C46H72O20/c1-18-11-27(62-41(59)23(18)14-47)19(2)24-7-8-25-22-6-5-20-12-21(13-31(50)46(20,4)26(22)9-10-45(24,25)3)61-43-37(56)35(54)33(52)30(65-43)17-60-42-39(58)36(55)40(29(16-49)64-42)66-44-38(57)34(53)32(51)28(15-48)63-44/h5,19,21-22,24-40,42-44,47-58H,6-17H2,1-4H3/t19-,21+,22?,24?,25?,26?,27?,28+,29+,30+,31-,32+,33+,34-,35-,36+,37+,38+,39+,40+,42-,43+,44-,45+,46-/m0/s1. The number of rotatable bonds is 12. The minimum atomic E-state index is -1.87. The fourth-order valence-corrected chi connectivity index (χ4v) is 13.5. The van der Waals surface area contributed by atoms with Gasteiger partial charge in [-0.25, -0.2) is 4.79 Å². The average Bonchev–Trinajstić information content (AvgIpc) is 3.65. The van der Waals surface area contributed by atoms with Gasteiger partial charge < -0.3 is 94.4 Å². The molecule has 3 saturated heterocycles. The maximum Gasteiger partial charge on any atom is 0.336 e. The molecule has 25 atom stereocenters. The lowest BCUT2D eigenvalue weighted by Gasteiger charge is -2.60. The van der Waals surface area contributed by atoms with Crippen molar-refractivity contribution < 1.29 is 99.2 Å². The van der Waals surface area contributed by atoms with Gasteiger partial charge in [-0.15, -0.1) is 0 Å². The van der Waals surface area contributed by atoms with Crippen LogP contribution in [0.3, 0.4) is 0 Å². The van der Waals surface area contributed by atoms with E-state index in [4.69, 9.17) is 33.2 Å². The Labute approximate surface area is 383 Å².